The van der Waals surface area contributed by atoms with Crippen LogP contribution in [0.25, 0.3) is 0 Å². The smallest absolute Gasteiger partial charge is 0.303 e. The SMILES string of the molecule is Cc1ccccc1C(=O)CC1(CC(=O)O)CCCCC1. The van der Waals surface area contributed by atoms with Gasteiger partial charge in [-0.3, -0.25) is 9.59 Å². The van der Waals surface area contributed by atoms with Gasteiger partial charge in [-0.15, -0.1) is 0 Å². The Morgan fingerprint density at radius 2 is 1.75 bits per heavy atom. The molecule has 0 atom stereocenters. The molecule has 0 radical (unpaired) electrons. The molecule has 1 N–H and O–H groups in total. The second-order valence-electron chi connectivity index (χ2n) is 6.05. The fourth-order valence-electron chi connectivity index (χ4n) is 3.36. The number of hydrogen-bond donors (Lipinski definition) is 1. The van der Waals surface area contributed by atoms with Gasteiger partial charge in [0, 0.05) is 12.0 Å². The highest BCUT2D eigenvalue weighted by atomic mass is 16.4. The number of carbonyl (C=O) groups is 2. The summed E-state index contributed by atoms with van der Waals surface area (Å²) in [6, 6.07) is 7.55. The minimum absolute atomic E-state index is 0.0891. The Morgan fingerprint density at radius 3 is 2.35 bits per heavy atom. The van der Waals surface area contributed by atoms with E-state index < -0.39 is 5.97 Å². The maximum Gasteiger partial charge on any atom is 0.303 e. The molecular weight excluding hydrogens is 252 g/mol. The first-order valence-corrected chi connectivity index (χ1v) is 7.33. The molecule has 3 heteroatoms. The Hall–Kier alpha value is -1.64. The molecule has 1 saturated carbocycles. The molecule has 0 bridgehead atoms. The van der Waals surface area contributed by atoms with Crippen LogP contribution in [0.5, 0.6) is 0 Å². The Labute approximate surface area is 120 Å². The summed E-state index contributed by atoms with van der Waals surface area (Å²) in [6.07, 6.45) is 5.42. The van der Waals surface area contributed by atoms with Crippen LogP contribution in [0.15, 0.2) is 24.3 Å². The van der Waals surface area contributed by atoms with Gasteiger partial charge in [0.2, 0.25) is 0 Å². The fourth-order valence-corrected chi connectivity index (χ4v) is 3.36. The van der Waals surface area contributed by atoms with E-state index in [9.17, 15) is 9.59 Å². The molecule has 1 aliphatic rings. The van der Waals surface area contributed by atoms with Gasteiger partial charge >= 0.3 is 5.97 Å². The normalized spacial score (nSPS) is 17.6. The van der Waals surface area contributed by atoms with Crippen LogP contribution in [0, 0.1) is 12.3 Å². The molecular formula is C17H22O3. The predicted molar refractivity (Wildman–Crippen MR) is 77.9 cm³/mol. The lowest BCUT2D eigenvalue weighted by atomic mass is 9.68. The van der Waals surface area contributed by atoms with Crippen LogP contribution in [0.2, 0.25) is 0 Å². The highest BCUT2D eigenvalue weighted by Gasteiger charge is 2.36. The summed E-state index contributed by atoms with van der Waals surface area (Å²) in [4.78, 5) is 23.7. The van der Waals surface area contributed by atoms with E-state index in [0.29, 0.717) is 6.42 Å². The minimum atomic E-state index is -0.788. The van der Waals surface area contributed by atoms with Crippen molar-refractivity contribution in [1.82, 2.24) is 0 Å². The lowest BCUT2D eigenvalue weighted by Gasteiger charge is -2.35. The second kappa shape index (κ2) is 6.21. The molecule has 1 fully saturated rings. The zero-order valence-electron chi connectivity index (χ0n) is 12.0. The topological polar surface area (TPSA) is 54.4 Å². The Balaban J connectivity index is 2.17. The van der Waals surface area contributed by atoms with Gasteiger partial charge in [0.1, 0.15) is 0 Å². The number of hydrogen-bond acceptors (Lipinski definition) is 2. The molecule has 1 aromatic rings. The Kier molecular flexibility index (Phi) is 4.58. The summed E-state index contributed by atoms with van der Waals surface area (Å²) < 4.78 is 0. The molecule has 3 nitrogen and oxygen atoms in total. The number of benzene rings is 1. The molecule has 20 heavy (non-hydrogen) atoms. The van der Waals surface area contributed by atoms with Gasteiger partial charge in [0.25, 0.3) is 0 Å². The average Bonchev–Trinajstić information content (AvgIpc) is 2.39. The Morgan fingerprint density at radius 1 is 1.10 bits per heavy atom. The summed E-state index contributed by atoms with van der Waals surface area (Å²) in [6.45, 7) is 1.93. The first-order chi connectivity index (χ1) is 9.52. The van der Waals surface area contributed by atoms with Gasteiger partial charge < -0.3 is 5.11 Å². The molecule has 1 aromatic carbocycles. The van der Waals surface area contributed by atoms with Crippen molar-refractivity contribution < 1.29 is 14.7 Å². The average molecular weight is 274 g/mol. The van der Waals surface area contributed by atoms with E-state index in [1.807, 2.05) is 31.2 Å². The van der Waals surface area contributed by atoms with Crippen LogP contribution in [0.3, 0.4) is 0 Å². The van der Waals surface area contributed by atoms with Crippen LogP contribution in [-0.2, 0) is 4.79 Å². The zero-order valence-corrected chi connectivity index (χ0v) is 12.0. The van der Waals surface area contributed by atoms with Crippen LogP contribution < -0.4 is 0 Å². The molecule has 0 saturated heterocycles. The van der Waals surface area contributed by atoms with E-state index in [1.54, 1.807) is 0 Å². The molecule has 0 heterocycles. The number of aryl methyl sites for hydroxylation is 1. The van der Waals surface area contributed by atoms with E-state index in [1.165, 1.54) is 0 Å². The van der Waals surface area contributed by atoms with Crippen molar-refractivity contribution in [2.75, 3.05) is 0 Å². The van der Waals surface area contributed by atoms with Crippen molar-refractivity contribution in [3.63, 3.8) is 0 Å². The first-order valence-electron chi connectivity index (χ1n) is 7.33. The standard InChI is InChI=1S/C17H22O3/c1-13-7-3-4-8-14(13)15(18)11-17(12-16(19)20)9-5-2-6-10-17/h3-4,7-8H,2,5-6,9-12H2,1H3,(H,19,20). The minimum Gasteiger partial charge on any atom is -0.481 e. The molecule has 0 spiro atoms. The van der Waals surface area contributed by atoms with Crippen LogP contribution >= 0.6 is 0 Å². The van der Waals surface area contributed by atoms with Crippen LogP contribution in [0.1, 0.15) is 60.9 Å². The predicted octanol–water partition coefficient (Wildman–Crippen LogP) is 3.99. The fraction of sp³-hybridized carbons (Fsp3) is 0.529. The summed E-state index contributed by atoms with van der Waals surface area (Å²) in [5, 5.41) is 9.16. The lowest BCUT2D eigenvalue weighted by molar-refractivity contribution is -0.140. The van der Waals surface area contributed by atoms with Crippen molar-refractivity contribution in [1.29, 1.82) is 0 Å². The molecule has 2 rings (SSSR count). The number of aliphatic carboxylic acids is 1. The van der Waals surface area contributed by atoms with E-state index in [2.05, 4.69) is 0 Å². The number of carboxylic acids is 1. The number of carbonyl (C=O) groups excluding carboxylic acids is 1. The van der Waals surface area contributed by atoms with E-state index >= 15 is 0 Å². The maximum absolute atomic E-state index is 12.5. The van der Waals surface area contributed by atoms with E-state index in [0.717, 1.165) is 43.2 Å². The molecule has 1 aliphatic carbocycles. The molecule has 0 unspecified atom stereocenters. The van der Waals surface area contributed by atoms with Gasteiger partial charge in [-0.2, -0.15) is 0 Å². The number of Topliss-reactive ketones (excluding diaryl/α,β-unsaturated/α-hetero) is 1. The maximum atomic E-state index is 12.5. The highest BCUT2D eigenvalue weighted by molar-refractivity contribution is 5.98. The lowest BCUT2D eigenvalue weighted by Crippen LogP contribution is -2.30. The molecule has 0 amide bonds. The third kappa shape index (κ3) is 3.47. The number of rotatable bonds is 5. The van der Waals surface area contributed by atoms with Crippen molar-refractivity contribution in [3.05, 3.63) is 35.4 Å². The van der Waals surface area contributed by atoms with Crippen molar-refractivity contribution >= 4 is 11.8 Å². The number of ketones is 1. The van der Waals surface area contributed by atoms with Crippen molar-refractivity contribution in [3.8, 4) is 0 Å². The van der Waals surface area contributed by atoms with E-state index in [4.69, 9.17) is 5.11 Å². The third-order valence-corrected chi connectivity index (χ3v) is 4.42. The van der Waals surface area contributed by atoms with Crippen molar-refractivity contribution in [2.24, 2.45) is 5.41 Å². The quantitative estimate of drug-likeness (QED) is 0.826. The number of carboxylic acid groups (broad SMARTS) is 1. The van der Waals surface area contributed by atoms with Gasteiger partial charge in [0.15, 0.2) is 5.78 Å². The third-order valence-electron chi connectivity index (χ3n) is 4.42. The van der Waals surface area contributed by atoms with Gasteiger partial charge in [0.05, 0.1) is 6.42 Å². The highest BCUT2D eigenvalue weighted by Crippen LogP contribution is 2.43. The largest absolute Gasteiger partial charge is 0.481 e. The molecule has 108 valence electrons. The second-order valence-corrected chi connectivity index (χ2v) is 6.05. The van der Waals surface area contributed by atoms with Gasteiger partial charge in [-0.25, -0.2) is 0 Å². The molecule has 0 aliphatic heterocycles. The summed E-state index contributed by atoms with van der Waals surface area (Å²) in [7, 11) is 0. The van der Waals surface area contributed by atoms with Crippen LogP contribution in [0.4, 0.5) is 0 Å². The summed E-state index contributed by atoms with van der Waals surface area (Å²) in [5.41, 5.74) is 1.38. The monoisotopic (exact) mass is 274 g/mol. The van der Waals surface area contributed by atoms with Gasteiger partial charge in [-0.05, 0) is 30.7 Å². The summed E-state index contributed by atoms with van der Waals surface area (Å²) >= 11 is 0. The van der Waals surface area contributed by atoms with Gasteiger partial charge in [-0.1, -0.05) is 43.5 Å². The Bertz CT molecular complexity index is 499. The van der Waals surface area contributed by atoms with Crippen molar-refractivity contribution in [2.45, 2.75) is 51.9 Å². The van der Waals surface area contributed by atoms with E-state index in [-0.39, 0.29) is 17.6 Å². The zero-order chi connectivity index (χ0) is 14.6. The summed E-state index contributed by atoms with van der Waals surface area (Å²) in [5.74, 6) is -0.698. The molecule has 0 aromatic heterocycles. The van der Waals surface area contributed by atoms with Crippen LogP contribution in [-0.4, -0.2) is 16.9 Å². The first kappa shape index (κ1) is 14.8.